The van der Waals surface area contributed by atoms with Gasteiger partial charge in [-0.05, 0) is 12.1 Å². The highest BCUT2D eigenvalue weighted by molar-refractivity contribution is 6.39. The number of aromatic amines is 1. The lowest BCUT2D eigenvalue weighted by molar-refractivity contribution is -0.274. The van der Waals surface area contributed by atoms with Gasteiger partial charge in [-0.1, -0.05) is 36.4 Å². The lowest BCUT2D eigenvalue weighted by Gasteiger charge is -2.43. The van der Waals surface area contributed by atoms with Gasteiger partial charge < -0.3 is 49.6 Å². The van der Waals surface area contributed by atoms with Gasteiger partial charge in [-0.25, -0.2) is 0 Å². The van der Waals surface area contributed by atoms with E-state index in [1.807, 2.05) is 48.5 Å². The summed E-state index contributed by atoms with van der Waals surface area (Å²) in [4.78, 5) is 32.0. The number of rotatable bonds is 5. The Bertz CT molecular complexity index is 2040. The maximum atomic E-state index is 13.8. The van der Waals surface area contributed by atoms with Crippen molar-refractivity contribution >= 4 is 55.4 Å². The highest BCUT2D eigenvalue weighted by Crippen LogP contribution is 2.47. The van der Waals surface area contributed by atoms with E-state index in [2.05, 4.69) is 4.98 Å². The molecule has 6 N–H and O–H groups in total. The average molecular weight is 631 g/mol. The predicted octanol–water partition coefficient (Wildman–Crippen LogP) is 1.74. The quantitative estimate of drug-likeness (QED) is 0.180. The molecule has 0 saturated carbocycles. The number of ether oxygens (including phenoxy) is 4. The number of benzene rings is 3. The molecule has 0 bridgehead atoms. The summed E-state index contributed by atoms with van der Waals surface area (Å²) in [5, 5.41) is 35.9. The van der Waals surface area contributed by atoms with Crippen LogP contribution < -0.4 is 5.73 Å². The van der Waals surface area contributed by atoms with Crippen molar-refractivity contribution < 1.29 is 43.9 Å². The third-order valence-corrected chi connectivity index (χ3v) is 9.68. The Morgan fingerprint density at radius 3 is 2.41 bits per heavy atom. The Labute approximate surface area is 262 Å². The molecular formula is C33H34N4O9. The standard InChI is InChI=1S/C33H34N4O9/c1-36-31(41)24-22-14-7-3-5-9-17(14)35-26(22)27-23(25(24)32(36)42)15-8-4-6-10-18(15)37(27)33-29(40)28(39)30(43-2)20(46-33)13-45-21-11-19(38)16(34)12-44-21/h3-10,16,19-21,28-30,33,35,38-40H,11-13,34H2,1-2H3/t16-,19-,20+,21-,28+,29+,30+,33?/m0/s1. The molecule has 1 unspecified atom stereocenters. The van der Waals surface area contributed by atoms with Crippen molar-refractivity contribution in [2.45, 2.75) is 55.5 Å². The summed E-state index contributed by atoms with van der Waals surface area (Å²) in [6.07, 6.45) is -7.22. The minimum Gasteiger partial charge on any atom is -0.391 e. The minimum absolute atomic E-state index is 0.0858. The number of methoxy groups -OCH3 is 1. The summed E-state index contributed by atoms with van der Waals surface area (Å²) in [6.45, 7) is 0.0368. The molecule has 0 aliphatic carbocycles. The first kappa shape index (κ1) is 29.5. The van der Waals surface area contributed by atoms with Gasteiger partial charge in [-0.2, -0.15) is 0 Å². The number of nitrogens with one attached hydrogen (secondary N) is 1. The number of fused-ring (bicyclic) bond motifs is 10. The number of carbonyl (C=O) groups excluding carboxylic acids is 2. The molecule has 3 aliphatic heterocycles. The number of amides is 2. The van der Waals surface area contributed by atoms with E-state index in [0.717, 1.165) is 15.8 Å². The van der Waals surface area contributed by atoms with Gasteiger partial charge in [-0.15, -0.1) is 0 Å². The number of aromatic nitrogens is 2. The second-order valence-corrected chi connectivity index (χ2v) is 12.3. The number of carbonyl (C=O) groups is 2. The Kier molecular flexibility index (Phi) is 6.94. The number of nitrogens with zero attached hydrogens (tertiary/aromatic N) is 2. The predicted molar refractivity (Wildman–Crippen MR) is 166 cm³/mol. The largest absolute Gasteiger partial charge is 0.391 e. The molecule has 2 aromatic heterocycles. The van der Waals surface area contributed by atoms with Crippen LogP contribution in [0.1, 0.15) is 33.4 Å². The Morgan fingerprint density at radius 1 is 0.978 bits per heavy atom. The fourth-order valence-corrected chi connectivity index (χ4v) is 7.36. The zero-order valence-corrected chi connectivity index (χ0v) is 25.1. The minimum atomic E-state index is -1.46. The summed E-state index contributed by atoms with van der Waals surface area (Å²) < 4.78 is 25.5. The van der Waals surface area contributed by atoms with Crippen LogP contribution in [0, 0.1) is 0 Å². The summed E-state index contributed by atoms with van der Waals surface area (Å²) in [7, 11) is 2.88. The second kappa shape index (κ2) is 10.8. The monoisotopic (exact) mass is 630 g/mol. The number of hydrogen-bond acceptors (Lipinski definition) is 10. The number of aliphatic hydroxyl groups excluding tert-OH is 3. The van der Waals surface area contributed by atoms with Gasteiger partial charge in [0.2, 0.25) is 0 Å². The third-order valence-electron chi connectivity index (χ3n) is 9.68. The van der Waals surface area contributed by atoms with Gasteiger partial charge in [0.1, 0.15) is 24.4 Å². The highest BCUT2D eigenvalue weighted by atomic mass is 16.7. The smallest absolute Gasteiger partial charge is 0.262 e. The molecule has 3 aromatic carbocycles. The van der Waals surface area contributed by atoms with Crippen LogP contribution in [-0.4, -0.2) is 112 Å². The summed E-state index contributed by atoms with van der Waals surface area (Å²) in [5.41, 5.74) is 8.99. The van der Waals surface area contributed by atoms with E-state index in [9.17, 15) is 24.9 Å². The number of hydrogen-bond donors (Lipinski definition) is 5. The zero-order chi connectivity index (χ0) is 32.0. The van der Waals surface area contributed by atoms with Gasteiger partial charge in [0, 0.05) is 47.6 Å². The van der Waals surface area contributed by atoms with Crippen molar-refractivity contribution in [3.8, 4) is 0 Å². The molecule has 0 radical (unpaired) electrons. The van der Waals surface area contributed by atoms with Crippen LogP contribution in [0.5, 0.6) is 0 Å². The lowest BCUT2D eigenvalue weighted by atomic mass is 9.96. The van der Waals surface area contributed by atoms with Gasteiger partial charge in [0.25, 0.3) is 11.8 Å². The molecule has 46 heavy (non-hydrogen) atoms. The molecule has 2 fully saturated rings. The van der Waals surface area contributed by atoms with Crippen LogP contribution in [-0.2, 0) is 18.9 Å². The third kappa shape index (κ3) is 4.11. The molecule has 8 rings (SSSR count). The Morgan fingerprint density at radius 2 is 1.67 bits per heavy atom. The fourth-order valence-electron chi connectivity index (χ4n) is 7.36. The van der Waals surface area contributed by atoms with E-state index in [-0.39, 0.29) is 25.2 Å². The first-order valence-corrected chi connectivity index (χ1v) is 15.2. The van der Waals surface area contributed by atoms with E-state index in [0.29, 0.717) is 38.3 Å². The van der Waals surface area contributed by atoms with E-state index < -0.39 is 60.9 Å². The second-order valence-electron chi connectivity index (χ2n) is 12.3. The number of imide groups is 1. The average Bonchev–Trinajstić information content (AvgIpc) is 3.68. The van der Waals surface area contributed by atoms with Crippen LogP contribution >= 0.6 is 0 Å². The normalized spacial score (nSPS) is 30.3. The first-order chi connectivity index (χ1) is 22.2. The first-order valence-electron chi connectivity index (χ1n) is 15.2. The molecule has 240 valence electrons. The number of aliphatic hydroxyl groups is 3. The van der Waals surface area contributed by atoms with Gasteiger partial charge >= 0.3 is 0 Å². The Balaban J connectivity index is 1.33. The molecule has 0 spiro atoms. The fraction of sp³-hybridized carbons (Fsp3) is 0.394. The van der Waals surface area contributed by atoms with Crippen molar-refractivity contribution in [2.24, 2.45) is 5.73 Å². The van der Waals surface area contributed by atoms with E-state index in [1.165, 1.54) is 14.2 Å². The topological polar surface area (TPSA) is 182 Å². The zero-order valence-electron chi connectivity index (χ0n) is 25.1. The maximum absolute atomic E-state index is 13.8. The molecular weight excluding hydrogens is 596 g/mol. The van der Waals surface area contributed by atoms with Crippen molar-refractivity contribution in [2.75, 3.05) is 27.4 Å². The van der Waals surface area contributed by atoms with Crippen molar-refractivity contribution in [1.82, 2.24) is 14.5 Å². The molecule has 2 amide bonds. The van der Waals surface area contributed by atoms with Crippen molar-refractivity contribution in [3.63, 3.8) is 0 Å². The molecule has 13 heteroatoms. The van der Waals surface area contributed by atoms with Crippen LogP contribution in [0.4, 0.5) is 0 Å². The maximum Gasteiger partial charge on any atom is 0.262 e. The molecule has 13 nitrogen and oxygen atoms in total. The molecule has 5 aromatic rings. The van der Waals surface area contributed by atoms with Gasteiger partial charge in [0.15, 0.2) is 12.5 Å². The van der Waals surface area contributed by atoms with Crippen LogP contribution in [0.3, 0.4) is 0 Å². The van der Waals surface area contributed by atoms with Crippen LogP contribution in [0.2, 0.25) is 0 Å². The summed E-state index contributed by atoms with van der Waals surface area (Å²) in [6, 6.07) is 14.4. The van der Waals surface area contributed by atoms with Crippen LogP contribution in [0.15, 0.2) is 48.5 Å². The highest BCUT2D eigenvalue weighted by Gasteiger charge is 2.48. The van der Waals surface area contributed by atoms with Crippen LogP contribution in [0.25, 0.3) is 43.6 Å². The van der Waals surface area contributed by atoms with Gasteiger partial charge in [-0.3, -0.25) is 14.5 Å². The molecule has 2 saturated heterocycles. The lowest BCUT2D eigenvalue weighted by Crippen LogP contribution is -2.58. The number of para-hydroxylation sites is 2. The number of H-pyrrole nitrogens is 1. The SMILES string of the molecule is CO[C@H]1[C@H](O)[C@@H](O)C(n2c3ccccc3c3c4c(c5c6ccccc6[nH]c5c32)C(=O)N(C)C4=O)O[C@@H]1CO[C@H]1C[C@H](O)[C@@H](N)CO1. The summed E-state index contributed by atoms with van der Waals surface area (Å²) in [5.74, 6) is -0.820. The van der Waals surface area contributed by atoms with Gasteiger partial charge in [0.05, 0.1) is 53.0 Å². The van der Waals surface area contributed by atoms with E-state index >= 15 is 0 Å². The van der Waals surface area contributed by atoms with Crippen molar-refractivity contribution in [1.29, 1.82) is 0 Å². The molecule has 5 heterocycles. The van der Waals surface area contributed by atoms with E-state index in [1.54, 1.807) is 4.57 Å². The Hall–Kier alpha value is -3.92. The molecule has 3 aliphatic rings. The van der Waals surface area contributed by atoms with E-state index in [4.69, 9.17) is 24.7 Å². The molecule has 8 atom stereocenters. The van der Waals surface area contributed by atoms with Crippen molar-refractivity contribution in [3.05, 3.63) is 59.7 Å². The summed E-state index contributed by atoms with van der Waals surface area (Å²) >= 11 is 0. The number of nitrogens with two attached hydrogens (primary N) is 1.